The Labute approximate surface area is 215 Å². The minimum atomic E-state index is -0.640. The van der Waals surface area contributed by atoms with E-state index in [-0.39, 0.29) is 30.2 Å². The highest BCUT2D eigenvalue weighted by atomic mass is 35.5. The average Bonchev–Trinajstić information content (AvgIpc) is 2.79. The maximum atomic E-state index is 13.3. The first-order valence-corrected chi connectivity index (χ1v) is 13.5. The summed E-state index contributed by atoms with van der Waals surface area (Å²) in [6, 6.07) is 12.4. The van der Waals surface area contributed by atoms with Crippen LogP contribution in [-0.2, 0) is 21.9 Å². The number of thioether (sulfide) groups is 1. The normalized spacial score (nSPS) is 15.2. The summed E-state index contributed by atoms with van der Waals surface area (Å²) in [5.74, 6) is 0.605. The Kier molecular flexibility index (Phi) is 10.2. The summed E-state index contributed by atoms with van der Waals surface area (Å²) in [6.07, 6.45) is 5.42. The Morgan fingerprint density at radius 1 is 1.06 bits per heavy atom. The molecule has 2 aromatic rings. The minimum absolute atomic E-state index is 0.135. The Bertz CT molecular complexity index is 946. The molecule has 0 spiro atoms. The molecule has 178 valence electrons. The zero-order chi connectivity index (χ0) is 23.8. The second kappa shape index (κ2) is 12.9. The Morgan fingerprint density at radius 2 is 1.73 bits per heavy atom. The van der Waals surface area contributed by atoms with E-state index in [9.17, 15) is 9.59 Å². The molecule has 0 bridgehead atoms. The van der Waals surface area contributed by atoms with Gasteiger partial charge in [-0.15, -0.1) is 11.8 Å². The van der Waals surface area contributed by atoms with Crippen molar-refractivity contribution in [2.45, 2.75) is 63.4 Å². The van der Waals surface area contributed by atoms with Gasteiger partial charge < -0.3 is 10.2 Å². The van der Waals surface area contributed by atoms with Gasteiger partial charge in [-0.1, -0.05) is 72.3 Å². The van der Waals surface area contributed by atoms with Crippen molar-refractivity contribution in [3.05, 3.63) is 68.7 Å². The van der Waals surface area contributed by atoms with Crippen LogP contribution in [0, 0.1) is 0 Å². The van der Waals surface area contributed by atoms with Crippen LogP contribution in [-0.4, -0.2) is 34.6 Å². The largest absolute Gasteiger partial charge is 0.352 e. The summed E-state index contributed by atoms with van der Waals surface area (Å²) in [5, 5.41) is 4.76. The van der Waals surface area contributed by atoms with Gasteiger partial charge in [0.2, 0.25) is 11.8 Å². The maximum Gasteiger partial charge on any atom is 0.242 e. The molecular weight excluding hydrogens is 499 g/mol. The molecule has 4 nitrogen and oxygen atoms in total. The van der Waals surface area contributed by atoms with E-state index in [4.69, 9.17) is 34.8 Å². The summed E-state index contributed by atoms with van der Waals surface area (Å²) < 4.78 is 0. The fourth-order valence-electron chi connectivity index (χ4n) is 3.97. The van der Waals surface area contributed by atoms with Gasteiger partial charge >= 0.3 is 0 Å². The SMILES string of the molecule is C[C@H](C(=O)NC1CCCCC1)N(Cc1c(Cl)cccc1Cl)C(=O)CSCc1cccc(Cl)c1. The van der Waals surface area contributed by atoms with Crippen LogP contribution < -0.4 is 5.32 Å². The Hall–Kier alpha value is -1.40. The molecule has 0 aliphatic heterocycles. The number of amides is 2. The van der Waals surface area contributed by atoms with Gasteiger partial charge in [0.1, 0.15) is 6.04 Å². The summed E-state index contributed by atoms with van der Waals surface area (Å²) in [7, 11) is 0. The molecule has 0 saturated heterocycles. The highest BCUT2D eigenvalue weighted by molar-refractivity contribution is 7.99. The standard InChI is InChI=1S/C25H29Cl3N2O2S/c1-17(25(32)29-20-9-3-2-4-10-20)30(14-21-22(27)11-6-12-23(21)28)24(31)16-33-15-18-7-5-8-19(26)13-18/h5-8,11-13,17,20H,2-4,9-10,14-16H2,1H3,(H,29,32)/t17-/m1/s1. The number of rotatable bonds is 9. The lowest BCUT2D eigenvalue weighted by Gasteiger charge is -2.31. The van der Waals surface area contributed by atoms with Crippen LogP contribution in [0.25, 0.3) is 0 Å². The van der Waals surface area contributed by atoms with Crippen LogP contribution in [0.15, 0.2) is 42.5 Å². The second-order valence-electron chi connectivity index (χ2n) is 8.36. The van der Waals surface area contributed by atoms with E-state index >= 15 is 0 Å². The van der Waals surface area contributed by atoms with E-state index in [2.05, 4.69) is 5.32 Å². The number of carbonyl (C=O) groups is 2. The lowest BCUT2D eigenvalue weighted by atomic mass is 9.95. The number of nitrogens with zero attached hydrogens (tertiary/aromatic N) is 1. The van der Waals surface area contributed by atoms with Crippen molar-refractivity contribution in [1.29, 1.82) is 0 Å². The molecule has 8 heteroatoms. The zero-order valence-corrected chi connectivity index (χ0v) is 21.7. The van der Waals surface area contributed by atoms with Crippen LogP contribution in [0.5, 0.6) is 0 Å². The third-order valence-corrected chi connectivity index (χ3v) is 7.82. The van der Waals surface area contributed by atoms with Crippen molar-refractivity contribution in [2.24, 2.45) is 0 Å². The molecule has 0 heterocycles. The molecule has 0 aromatic heterocycles. The van der Waals surface area contributed by atoms with Crippen molar-refractivity contribution in [2.75, 3.05) is 5.75 Å². The molecule has 1 aliphatic rings. The molecule has 2 amide bonds. The number of halogens is 3. The molecule has 1 saturated carbocycles. The van der Waals surface area contributed by atoms with Gasteiger partial charge in [-0.05, 0) is 49.6 Å². The lowest BCUT2D eigenvalue weighted by Crippen LogP contribution is -2.50. The second-order valence-corrected chi connectivity index (χ2v) is 10.6. The van der Waals surface area contributed by atoms with Crippen molar-refractivity contribution < 1.29 is 9.59 Å². The van der Waals surface area contributed by atoms with Gasteiger partial charge in [-0.25, -0.2) is 0 Å². The molecule has 1 aliphatic carbocycles. The van der Waals surface area contributed by atoms with Crippen LogP contribution >= 0.6 is 46.6 Å². The Morgan fingerprint density at radius 3 is 2.39 bits per heavy atom. The molecule has 1 fully saturated rings. The monoisotopic (exact) mass is 526 g/mol. The van der Waals surface area contributed by atoms with Crippen molar-refractivity contribution in [3.63, 3.8) is 0 Å². The fraction of sp³-hybridized carbons (Fsp3) is 0.440. The summed E-state index contributed by atoms with van der Waals surface area (Å²) in [6.45, 7) is 1.94. The predicted molar refractivity (Wildman–Crippen MR) is 139 cm³/mol. The van der Waals surface area contributed by atoms with Gasteiger partial charge in [0.15, 0.2) is 0 Å². The first-order chi connectivity index (χ1) is 15.8. The molecule has 0 unspecified atom stereocenters. The molecule has 3 rings (SSSR count). The van der Waals surface area contributed by atoms with Crippen molar-refractivity contribution in [1.82, 2.24) is 10.2 Å². The van der Waals surface area contributed by atoms with Gasteiger partial charge in [0.05, 0.1) is 5.75 Å². The van der Waals surface area contributed by atoms with Crippen molar-refractivity contribution in [3.8, 4) is 0 Å². The lowest BCUT2D eigenvalue weighted by molar-refractivity contribution is -0.139. The topological polar surface area (TPSA) is 49.4 Å². The van der Waals surface area contributed by atoms with E-state index < -0.39 is 6.04 Å². The van der Waals surface area contributed by atoms with E-state index in [1.165, 1.54) is 18.2 Å². The fourth-order valence-corrected chi connectivity index (χ4v) is 5.56. The number of carbonyl (C=O) groups excluding carboxylic acids is 2. The van der Waals surface area contributed by atoms with Gasteiger partial charge in [0, 0.05) is 39.0 Å². The molecule has 1 N–H and O–H groups in total. The molecular formula is C25H29Cl3N2O2S. The van der Waals surface area contributed by atoms with E-state index in [1.807, 2.05) is 24.3 Å². The molecule has 33 heavy (non-hydrogen) atoms. The zero-order valence-electron chi connectivity index (χ0n) is 18.7. The molecule has 2 aromatic carbocycles. The average molecular weight is 528 g/mol. The number of hydrogen-bond acceptors (Lipinski definition) is 3. The first-order valence-electron chi connectivity index (χ1n) is 11.2. The highest BCUT2D eigenvalue weighted by Gasteiger charge is 2.29. The van der Waals surface area contributed by atoms with Crippen LogP contribution in [0.2, 0.25) is 15.1 Å². The minimum Gasteiger partial charge on any atom is -0.352 e. The summed E-state index contributed by atoms with van der Waals surface area (Å²) >= 11 is 20.3. The quantitative estimate of drug-likeness (QED) is 0.392. The van der Waals surface area contributed by atoms with Crippen LogP contribution in [0.1, 0.15) is 50.2 Å². The molecule has 0 radical (unpaired) electrons. The van der Waals surface area contributed by atoms with Crippen LogP contribution in [0.4, 0.5) is 0 Å². The van der Waals surface area contributed by atoms with E-state index in [0.29, 0.717) is 26.4 Å². The van der Waals surface area contributed by atoms with Crippen LogP contribution in [0.3, 0.4) is 0 Å². The summed E-state index contributed by atoms with van der Waals surface area (Å²) in [4.78, 5) is 27.9. The third kappa shape index (κ3) is 7.81. The van der Waals surface area contributed by atoms with Gasteiger partial charge in [-0.3, -0.25) is 9.59 Å². The van der Waals surface area contributed by atoms with Crippen molar-refractivity contribution >= 4 is 58.4 Å². The van der Waals surface area contributed by atoms with Gasteiger partial charge in [-0.2, -0.15) is 0 Å². The van der Waals surface area contributed by atoms with E-state index in [0.717, 1.165) is 31.2 Å². The maximum absolute atomic E-state index is 13.3. The predicted octanol–water partition coefficient (Wildman–Crippen LogP) is 6.75. The number of nitrogens with one attached hydrogen (secondary N) is 1. The molecule has 1 atom stereocenters. The van der Waals surface area contributed by atoms with E-state index in [1.54, 1.807) is 30.0 Å². The van der Waals surface area contributed by atoms with Gasteiger partial charge in [0.25, 0.3) is 0 Å². The Balaban J connectivity index is 1.70. The summed E-state index contributed by atoms with van der Waals surface area (Å²) in [5.41, 5.74) is 1.69. The first kappa shape index (κ1) is 26.2. The third-order valence-electron chi connectivity index (χ3n) is 5.89. The highest BCUT2D eigenvalue weighted by Crippen LogP contribution is 2.27. The smallest absolute Gasteiger partial charge is 0.242 e. The number of benzene rings is 2. The number of hydrogen-bond donors (Lipinski definition) is 1.